The van der Waals surface area contributed by atoms with Gasteiger partial charge in [-0.25, -0.2) is 0 Å². The SMILES string of the molecule is C[C@@H]1N=CCC[C@@H]1[N+](=O)[O-]. The van der Waals surface area contributed by atoms with Crippen LogP contribution in [0, 0.1) is 10.1 Å². The Bertz CT molecular complexity index is 167. The van der Waals surface area contributed by atoms with E-state index in [-0.39, 0.29) is 11.0 Å². The quantitative estimate of drug-likeness (QED) is 0.403. The van der Waals surface area contributed by atoms with Crippen molar-refractivity contribution < 1.29 is 4.92 Å². The molecule has 4 nitrogen and oxygen atoms in total. The molecule has 2 atom stereocenters. The third-order valence-electron chi connectivity index (χ3n) is 1.76. The minimum atomic E-state index is -0.454. The van der Waals surface area contributed by atoms with Crippen molar-refractivity contribution in [2.45, 2.75) is 31.8 Å². The summed E-state index contributed by atoms with van der Waals surface area (Å²) in [6.07, 6.45) is 3.15. The monoisotopic (exact) mass is 142 g/mol. The molecule has 0 aromatic heterocycles. The van der Waals surface area contributed by atoms with E-state index < -0.39 is 6.04 Å². The van der Waals surface area contributed by atoms with E-state index in [0.29, 0.717) is 6.42 Å². The van der Waals surface area contributed by atoms with Gasteiger partial charge >= 0.3 is 0 Å². The molecule has 10 heavy (non-hydrogen) atoms. The van der Waals surface area contributed by atoms with Gasteiger partial charge in [0.05, 0.1) is 0 Å². The summed E-state index contributed by atoms with van der Waals surface area (Å²) in [5.41, 5.74) is 0. The largest absolute Gasteiger partial charge is 0.287 e. The van der Waals surface area contributed by atoms with Crippen LogP contribution in [0.3, 0.4) is 0 Å². The fourth-order valence-electron chi connectivity index (χ4n) is 1.11. The smallest absolute Gasteiger partial charge is 0.235 e. The number of nitrogens with zero attached hydrogens (tertiary/aromatic N) is 2. The normalized spacial score (nSPS) is 32.1. The Morgan fingerprint density at radius 2 is 2.50 bits per heavy atom. The van der Waals surface area contributed by atoms with Crippen molar-refractivity contribution >= 4 is 6.21 Å². The first-order chi connectivity index (χ1) is 4.72. The van der Waals surface area contributed by atoms with Crippen molar-refractivity contribution in [3.05, 3.63) is 10.1 Å². The predicted molar refractivity (Wildman–Crippen MR) is 38.0 cm³/mol. The van der Waals surface area contributed by atoms with Gasteiger partial charge in [0.15, 0.2) is 0 Å². The number of rotatable bonds is 1. The van der Waals surface area contributed by atoms with Crippen molar-refractivity contribution in [1.29, 1.82) is 0 Å². The van der Waals surface area contributed by atoms with Crippen LogP contribution in [0.1, 0.15) is 19.8 Å². The van der Waals surface area contributed by atoms with E-state index in [1.807, 2.05) is 0 Å². The molecule has 1 aliphatic heterocycles. The van der Waals surface area contributed by atoms with E-state index in [1.165, 1.54) is 0 Å². The number of aliphatic imine (C=N–C) groups is 1. The highest BCUT2D eigenvalue weighted by Crippen LogP contribution is 2.12. The highest BCUT2D eigenvalue weighted by atomic mass is 16.6. The van der Waals surface area contributed by atoms with Crippen LogP contribution >= 0.6 is 0 Å². The van der Waals surface area contributed by atoms with Gasteiger partial charge in [0.2, 0.25) is 6.04 Å². The lowest BCUT2D eigenvalue weighted by molar-refractivity contribution is -0.526. The van der Waals surface area contributed by atoms with E-state index >= 15 is 0 Å². The zero-order chi connectivity index (χ0) is 7.56. The Kier molecular flexibility index (Phi) is 1.99. The Morgan fingerprint density at radius 1 is 1.80 bits per heavy atom. The molecule has 1 rings (SSSR count). The van der Waals surface area contributed by atoms with Crippen LogP contribution in [-0.4, -0.2) is 23.2 Å². The molecule has 0 unspecified atom stereocenters. The molecule has 4 heteroatoms. The average Bonchev–Trinajstić information content (AvgIpc) is 1.88. The molecule has 0 N–H and O–H groups in total. The van der Waals surface area contributed by atoms with Crippen LogP contribution in [-0.2, 0) is 0 Å². The maximum atomic E-state index is 10.3. The first-order valence-corrected chi connectivity index (χ1v) is 3.37. The van der Waals surface area contributed by atoms with Gasteiger partial charge in [-0.05, 0) is 19.6 Å². The first-order valence-electron chi connectivity index (χ1n) is 3.37. The molecule has 56 valence electrons. The zero-order valence-corrected chi connectivity index (χ0v) is 5.86. The number of nitro groups is 1. The standard InChI is InChI=1S/C6H10N2O2/c1-5-6(8(9)10)3-2-4-7-5/h4-6H,2-3H2,1H3/t5-,6-/m0/s1. The highest BCUT2D eigenvalue weighted by molar-refractivity contribution is 5.58. The van der Waals surface area contributed by atoms with Crippen LogP contribution in [0.4, 0.5) is 0 Å². The Hall–Kier alpha value is -0.930. The first kappa shape index (κ1) is 7.18. The summed E-state index contributed by atoms with van der Waals surface area (Å²) in [7, 11) is 0. The molecule has 0 aliphatic carbocycles. The third-order valence-corrected chi connectivity index (χ3v) is 1.76. The molecule has 0 radical (unpaired) electrons. The summed E-state index contributed by atoms with van der Waals surface area (Å²) in [5.74, 6) is 0. The van der Waals surface area contributed by atoms with Crippen molar-refractivity contribution in [3.8, 4) is 0 Å². The molecule has 0 bridgehead atoms. The molecule has 0 saturated heterocycles. The van der Waals surface area contributed by atoms with Crippen LogP contribution in [0.2, 0.25) is 0 Å². The number of hydrogen-bond acceptors (Lipinski definition) is 3. The molecule has 0 aromatic carbocycles. The van der Waals surface area contributed by atoms with Gasteiger partial charge in [-0.3, -0.25) is 15.1 Å². The average molecular weight is 142 g/mol. The summed E-state index contributed by atoms with van der Waals surface area (Å²) in [5, 5.41) is 10.3. The lowest BCUT2D eigenvalue weighted by atomic mass is 10.0. The van der Waals surface area contributed by atoms with Gasteiger partial charge in [-0.2, -0.15) is 0 Å². The maximum absolute atomic E-state index is 10.3. The molecular weight excluding hydrogens is 132 g/mol. The summed E-state index contributed by atoms with van der Waals surface area (Å²) in [6.45, 7) is 1.78. The van der Waals surface area contributed by atoms with Crippen LogP contribution < -0.4 is 0 Å². The lowest BCUT2D eigenvalue weighted by Gasteiger charge is -2.15. The third kappa shape index (κ3) is 1.32. The van der Waals surface area contributed by atoms with E-state index in [4.69, 9.17) is 0 Å². The van der Waals surface area contributed by atoms with Crippen LogP contribution in [0.15, 0.2) is 4.99 Å². The van der Waals surface area contributed by atoms with E-state index in [9.17, 15) is 10.1 Å². The van der Waals surface area contributed by atoms with E-state index in [2.05, 4.69) is 4.99 Å². The van der Waals surface area contributed by atoms with E-state index in [0.717, 1.165) is 6.42 Å². The van der Waals surface area contributed by atoms with Gasteiger partial charge < -0.3 is 0 Å². The Labute approximate surface area is 59.1 Å². The van der Waals surface area contributed by atoms with Crippen molar-refractivity contribution in [2.75, 3.05) is 0 Å². The lowest BCUT2D eigenvalue weighted by Crippen LogP contribution is -2.32. The molecular formula is C6H10N2O2. The molecule has 0 amide bonds. The van der Waals surface area contributed by atoms with Crippen molar-refractivity contribution in [3.63, 3.8) is 0 Å². The van der Waals surface area contributed by atoms with Gasteiger partial charge in [-0.1, -0.05) is 0 Å². The van der Waals surface area contributed by atoms with Gasteiger partial charge in [0.25, 0.3) is 0 Å². The summed E-state index contributed by atoms with van der Waals surface area (Å²) < 4.78 is 0. The fraction of sp³-hybridized carbons (Fsp3) is 0.833. The molecule has 1 aliphatic rings. The predicted octanol–water partition coefficient (Wildman–Crippen LogP) is 0.885. The van der Waals surface area contributed by atoms with E-state index in [1.54, 1.807) is 13.1 Å². The van der Waals surface area contributed by atoms with Crippen molar-refractivity contribution in [1.82, 2.24) is 0 Å². The van der Waals surface area contributed by atoms with Crippen LogP contribution in [0.25, 0.3) is 0 Å². The summed E-state index contributed by atoms with van der Waals surface area (Å²) >= 11 is 0. The molecule has 0 aromatic rings. The molecule has 0 fully saturated rings. The topological polar surface area (TPSA) is 55.5 Å². The Balaban J connectivity index is 2.60. The molecule has 0 saturated carbocycles. The second-order valence-electron chi connectivity index (χ2n) is 2.50. The molecule has 0 spiro atoms. The highest BCUT2D eigenvalue weighted by Gasteiger charge is 2.28. The van der Waals surface area contributed by atoms with Crippen LogP contribution in [0.5, 0.6) is 0 Å². The Morgan fingerprint density at radius 3 is 2.90 bits per heavy atom. The van der Waals surface area contributed by atoms with Gasteiger partial charge in [-0.15, -0.1) is 0 Å². The van der Waals surface area contributed by atoms with Crippen molar-refractivity contribution in [2.24, 2.45) is 4.99 Å². The number of hydrogen-bond donors (Lipinski definition) is 0. The summed E-state index contributed by atoms with van der Waals surface area (Å²) in [4.78, 5) is 14.0. The second kappa shape index (κ2) is 2.77. The summed E-state index contributed by atoms with van der Waals surface area (Å²) in [6, 6.07) is -0.589. The second-order valence-corrected chi connectivity index (χ2v) is 2.50. The minimum Gasteiger partial charge on any atom is -0.287 e. The molecule has 1 heterocycles. The van der Waals surface area contributed by atoms with Gasteiger partial charge in [0.1, 0.15) is 6.04 Å². The minimum absolute atomic E-state index is 0.135. The zero-order valence-electron chi connectivity index (χ0n) is 5.86. The van der Waals surface area contributed by atoms with Gasteiger partial charge in [0, 0.05) is 11.3 Å². The maximum Gasteiger partial charge on any atom is 0.235 e. The fourth-order valence-corrected chi connectivity index (χ4v) is 1.11.